The van der Waals surface area contributed by atoms with Crippen LogP contribution in [0.3, 0.4) is 0 Å². The highest BCUT2D eigenvalue weighted by molar-refractivity contribution is 5.45. The second-order valence-corrected chi connectivity index (χ2v) is 3.47. The molecule has 0 radical (unpaired) electrons. The van der Waals surface area contributed by atoms with Crippen LogP contribution in [-0.4, -0.2) is 20.6 Å². The molecule has 0 saturated carbocycles. The Labute approximate surface area is 88.3 Å². The summed E-state index contributed by atoms with van der Waals surface area (Å²) in [6.45, 7) is 3.91. The summed E-state index contributed by atoms with van der Waals surface area (Å²) in [6.07, 6.45) is 7.14. The number of anilines is 1. The Morgan fingerprint density at radius 1 is 1.60 bits per heavy atom. The van der Waals surface area contributed by atoms with Gasteiger partial charge in [0, 0.05) is 6.20 Å². The summed E-state index contributed by atoms with van der Waals surface area (Å²) in [5.74, 6) is 3.13. The zero-order valence-electron chi connectivity index (χ0n) is 8.73. The van der Waals surface area contributed by atoms with Gasteiger partial charge in [0.15, 0.2) is 5.65 Å². The molecule has 1 atom stereocenters. The summed E-state index contributed by atoms with van der Waals surface area (Å²) >= 11 is 0. The largest absolute Gasteiger partial charge is 0.340 e. The smallest absolute Gasteiger partial charge is 0.244 e. The number of nitrogens with one attached hydrogen (secondary N) is 1. The predicted molar refractivity (Wildman–Crippen MR) is 59.6 cm³/mol. The molecule has 4 heteroatoms. The van der Waals surface area contributed by atoms with Crippen molar-refractivity contribution in [3.63, 3.8) is 0 Å². The number of aryl methyl sites for hydroxylation is 1. The van der Waals surface area contributed by atoms with Gasteiger partial charge in [-0.3, -0.25) is 0 Å². The molecule has 0 bridgehead atoms. The minimum Gasteiger partial charge on any atom is -0.340 e. The van der Waals surface area contributed by atoms with Crippen LogP contribution < -0.4 is 5.32 Å². The zero-order valence-corrected chi connectivity index (χ0v) is 8.73. The molecule has 0 aliphatic rings. The monoisotopic (exact) mass is 200 g/mol. The van der Waals surface area contributed by atoms with Gasteiger partial charge < -0.3 is 5.32 Å². The van der Waals surface area contributed by atoms with Crippen molar-refractivity contribution in [1.82, 2.24) is 14.6 Å². The molecule has 4 nitrogen and oxygen atoms in total. The van der Waals surface area contributed by atoms with Crippen molar-refractivity contribution in [1.29, 1.82) is 0 Å². The molecule has 0 fully saturated rings. The van der Waals surface area contributed by atoms with Gasteiger partial charge in [0.05, 0.1) is 6.04 Å². The minimum atomic E-state index is -0.0662. The average molecular weight is 200 g/mol. The van der Waals surface area contributed by atoms with Gasteiger partial charge in [-0.2, -0.15) is 4.98 Å². The molecular weight excluding hydrogens is 188 g/mol. The molecule has 2 aromatic rings. The van der Waals surface area contributed by atoms with E-state index >= 15 is 0 Å². The van der Waals surface area contributed by atoms with Gasteiger partial charge in [-0.1, -0.05) is 5.92 Å². The Balaban J connectivity index is 2.35. The van der Waals surface area contributed by atoms with Crippen molar-refractivity contribution >= 4 is 11.6 Å². The Hall–Kier alpha value is -2.02. The van der Waals surface area contributed by atoms with Crippen LogP contribution in [0.4, 0.5) is 5.95 Å². The summed E-state index contributed by atoms with van der Waals surface area (Å²) < 4.78 is 1.72. The number of hydrogen-bond donors (Lipinski definition) is 1. The van der Waals surface area contributed by atoms with Gasteiger partial charge in [-0.25, -0.2) is 4.52 Å². The highest BCUT2D eigenvalue weighted by atomic mass is 15.3. The van der Waals surface area contributed by atoms with Crippen molar-refractivity contribution < 1.29 is 0 Å². The molecule has 0 spiro atoms. The molecule has 2 aromatic heterocycles. The molecule has 1 unspecified atom stereocenters. The van der Waals surface area contributed by atoms with Gasteiger partial charge in [0.2, 0.25) is 5.95 Å². The van der Waals surface area contributed by atoms with Crippen LogP contribution in [0, 0.1) is 19.3 Å². The third-order valence-corrected chi connectivity index (χ3v) is 2.09. The zero-order chi connectivity index (χ0) is 10.8. The minimum absolute atomic E-state index is 0.0662. The van der Waals surface area contributed by atoms with Crippen LogP contribution in [0.15, 0.2) is 18.3 Å². The first kappa shape index (κ1) is 9.53. The topological polar surface area (TPSA) is 42.2 Å². The molecule has 2 heterocycles. The number of hydrogen-bond acceptors (Lipinski definition) is 3. The van der Waals surface area contributed by atoms with E-state index in [0.717, 1.165) is 11.2 Å². The third-order valence-electron chi connectivity index (χ3n) is 2.09. The first-order chi connectivity index (χ1) is 7.19. The first-order valence-electron chi connectivity index (χ1n) is 4.75. The third kappa shape index (κ3) is 1.91. The number of pyridine rings is 1. The van der Waals surface area contributed by atoms with Crippen LogP contribution in [0.5, 0.6) is 0 Å². The van der Waals surface area contributed by atoms with E-state index in [1.54, 1.807) is 4.52 Å². The van der Waals surface area contributed by atoms with E-state index in [1.165, 1.54) is 0 Å². The number of aromatic nitrogens is 3. The normalized spacial score (nSPS) is 12.3. The summed E-state index contributed by atoms with van der Waals surface area (Å²) in [4.78, 5) is 4.31. The van der Waals surface area contributed by atoms with Gasteiger partial charge in [-0.15, -0.1) is 11.5 Å². The van der Waals surface area contributed by atoms with E-state index < -0.39 is 0 Å². The van der Waals surface area contributed by atoms with E-state index in [1.807, 2.05) is 32.2 Å². The fraction of sp³-hybridized carbons (Fsp3) is 0.273. The number of nitrogens with zero attached hydrogens (tertiary/aromatic N) is 3. The van der Waals surface area contributed by atoms with Gasteiger partial charge >= 0.3 is 0 Å². The maximum Gasteiger partial charge on any atom is 0.244 e. The molecule has 1 N–H and O–H groups in total. The van der Waals surface area contributed by atoms with Crippen LogP contribution >= 0.6 is 0 Å². The lowest BCUT2D eigenvalue weighted by Crippen LogP contribution is -2.13. The van der Waals surface area contributed by atoms with Crippen molar-refractivity contribution in [2.24, 2.45) is 0 Å². The van der Waals surface area contributed by atoms with Gasteiger partial charge in [0.1, 0.15) is 0 Å². The van der Waals surface area contributed by atoms with Crippen molar-refractivity contribution in [2.45, 2.75) is 19.9 Å². The Bertz CT molecular complexity index is 521. The fourth-order valence-corrected chi connectivity index (χ4v) is 1.28. The van der Waals surface area contributed by atoms with E-state index in [-0.39, 0.29) is 6.04 Å². The van der Waals surface area contributed by atoms with Crippen LogP contribution in [-0.2, 0) is 0 Å². The molecule has 2 rings (SSSR count). The summed E-state index contributed by atoms with van der Waals surface area (Å²) in [5, 5.41) is 7.26. The first-order valence-corrected chi connectivity index (χ1v) is 4.75. The van der Waals surface area contributed by atoms with Crippen molar-refractivity contribution in [3.8, 4) is 12.3 Å². The Kier molecular flexibility index (Phi) is 2.30. The van der Waals surface area contributed by atoms with Gasteiger partial charge in [0.25, 0.3) is 0 Å². The number of rotatable bonds is 2. The highest BCUT2D eigenvalue weighted by Gasteiger charge is 2.04. The molecular formula is C11H12N4. The second kappa shape index (κ2) is 3.62. The molecule has 0 saturated heterocycles. The maximum atomic E-state index is 5.26. The maximum absolute atomic E-state index is 5.26. The summed E-state index contributed by atoms with van der Waals surface area (Å²) in [5.41, 5.74) is 1.98. The molecule has 76 valence electrons. The van der Waals surface area contributed by atoms with Crippen LogP contribution in [0.1, 0.15) is 12.5 Å². The summed E-state index contributed by atoms with van der Waals surface area (Å²) in [7, 11) is 0. The SMILES string of the molecule is C#CC(C)Nc1nc2cc(C)ccn2n1. The highest BCUT2D eigenvalue weighted by Crippen LogP contribution is 2.07. The number of terminal acetylenes is 1. The number of fused-ring (bicyclic) bond motifs is 1. The molecule has 0 aliphatic carbocycles. The standard InChI is InChI=1S/C11H12N4/c1-4-9(3)12-11-13-10-7-8(2)5-6-15(10)14-11/h1,5-7,9H,2-3H3,(H,12,14). The molecule has 0 aromatic carbocycles. The van der Waals surface area contributed by atoms with E-state index in [0.29, 0.717) is 5.95 Å². The van der Waals surface area contributed by atoms with Crippen LogP contribution in [0.25, 0.3) is 5.65 Å². The predicted octanol–water partition coefficient (Wildman–Crippen LogP) is 1.47. The molecule has 15 heavy (non-hydrogen) atoms. The summed E-state index contributed by atoms with van der Waals surface area (Å²) in [6, 6.07) is 3.89. The Morgan fingerprint density at radius 3 is 3.13 bits per heavy atom. The molecule has 0 amide bonds. The second-order valence-electron chi connectivity index (χ2n) is 3.47. The average Bonchev–Trinajstić information content (AvgIpc) is 2.59. The lowest BCUT2D eigenvalue weighted by atomic mass is 10.3. The van der Waals surface area contributed by atoms with Crippen LogP contribution in [0.2, 0.25) is 0 Å². The lowest BCUT2D eigenvalue weighted by molar-refractivity contribution is 0.930. The van der Waals surface area contributed by atoms with E-state index in [4.69, 9.17) is 6.42 Å². The van der Waals surface area contributed by atoms with Crippen molar-refractivity contribution in [2.75, 3.05) is 5.32 Å². The lowest BCUT2D eigenvalue weighted by Gasteiger charge is -2.02. The quantitative estimate of drug-likeness (QED) is 0.746. The van der Waals surface area contributed by atoms with E-state index in [9.17, 15) is 0 Å². The van der Waals surface area contributed by atoms with E-state index in [2.05, 4.69) is 21.3 Å². The van der Waals surface area contributed by atoms with Gasteiger partial charge in [-0.05, 0) is 31.5 Å². The molecule has 0 aliphatic heterocycles. The Morgan fingerprint density at radius 2 is 2.40 bits per heavy atom. The fourth-order valence-electron chi connectivity index (χ4n) is 1.28. The van der Waals surface area contributed by atoms with Crippen molar-refractivity contribution in [3.05, 3.63) is 23.9 Å².